The minimum atomic E-state index is -0.661. The summed E-state index contributed by atoms with van der Waals surface area (Å²) in [5.74, 6) is -1.20. The van der Waals surface area contributed by atoms with Crippen LogP contribution in [0, 0.1) is 11.6 Å². The molecular weight excluding hydrogens is 516 g/mol. The predicted molar refractivity (Wildman–Crippen MR) is 144 cm³/mol. The molecule has 0 N–H and O–H groups in total. The summed E-state index contributed by atoms with van der Waals surface area (Å²) < 4.78 is 39.1. The van der Waals surface area contributed by atoms with Crippen LogP contribution in [0.3, 0.4) is 0 Å². The molecule has 0 saturated carbocycles. The second kappa shape index (κ2) is 10.1. The van der Waals surface area contributed by atoms with E-state index in [0.717, 1.165) is 11.3 Å². The molecule has 10 heteroatoms. The molecule has 4 heterocycles. The first kappa shape index (κ1) is 24.9. The smallest absolute Gasteiger partial charge is 0.265 e. The van der Waals surface area contributed by atoms with Gasteiger partial charge >= 0.3 is 0 Å². The summed E-state index contributed by atoms with van der Waals surface area (Å²) in [6.07, 6.45) is 6.43. The maximum Gasteiger partial charge on any atom is 0.265 e. The third-order valence-corrected chi connectivity index (χ3v) is 6.52. The normalized spacial score (nSPS) is 11.2. The largest absolute Gasteiger partial charge is 0.452 e. The van der Waals surface area contributed by atoms with E-state index in [1.165, 1.54) is 53.2 Å². The van der Waals surface area contributed by atoms with E-state index in [9.17, 15) is 14.0 Å². The second-order valence-electron chi connectivity index (χ2n) is 9.13. The fourth-order valence-electron chi connectivity index (χ4n) is 4.52. The highest BCUT2D eigenvalue weighted by atomic mass is 19.1. The molecule has 0 atom stereocenters. The monoisotopic (exact) mass is 537 g/mol. The fourth-order valence-corrected chi connectivity index (χ4v) is 4.52. The number of ether oxygens (including phenoxy) is 1. The molecule has 2 aromatic carbocycles. The number of aromatic nitrogens is 5. The minimum Gasteiger partial charge on any atom is -0.452 e. The quantitative estimate of drug-likeness (QED) is 0.255. The van der Waals surface area contributed by atoms with E-state index in [1.807, 2.05) is 19.3 Å². The lowest BCUT2D eigenvalue weighted by atomic mass is 10.0. The van der Waals surface area contributed by atoms with Crippen LogP contribution in [0.4, 0.5) is 8.78 Å². The van der Waals surface area contributed by atoms with Gasteiger partial charge in [-0.1, -0.05) is 6.07 Å². The van der Waals surface area contributed by atoms with E-state index in [2.05, 4.69) is 10.2 Å². The number of Topliss-reactive ketones (excluding diaryl/α,β-unsaturated/α-hetero) is 1. The molecular formula is C30H21F2N5O3. The van der Waals surface area contributed by atoms with Crippen molar-refractivity contribution in [1.82, 2.24) is 24.0 Å². The van der Waals surface area contributed by atoms with E-state index < -0.39 is 23.0 Å². The molecule has 0 saturated heterocycles. The van der Waals surface area contributed by atoms with E-state index in [4.69, 9.17) is 4.74 Å². The molecule has 6 rings (SSSR count). The van der Waals surface area contributed by atoms with Gasteiger partial charge in [0.25, 0.3) is 5.56 Å². The van der Waals surface area contributed by atoms with Gasteiger partial charge in [-0.2, -0.15) is 10.2 Å². The van der Waals surface area contributed by atoms with Gasteiger partial charge in [-0.3, -0.25) is 18.8 Å². The summed E-state index contributed by atoms with van der Waals surface area (Å²) in [4.78, 5) is 26.0. The van der Waals surface area contributed by atoms with Crippen molar-refractivity contribution in [2.24, 2.45) is 7.05 Å². The molecule has 0 fully saturated rings. The summed E-state index contributed by atoms with van der Waals surface area (Å²) in [6, 6.07) is 18.0. The van der Waals surface area contributed by atoms with E-state index in [-0.39, 0.29) is 17.7 Å². The first-order valence-corrected chi connectivity index (χ1v) is 12.3. The van der Waals surface area contributed by atoms with Crippen LogP contribution in [0.2, 0.25) is 0 Å². The Kier molecular flexibility index (Phi) is 6.27. The van der Waals surface area contributed by atoms with Gasteiger partial charge in [0.15, 0.2) is 23.1 Å². The molecule has 198 valence electrons. The average molecular weight is 538 g/mol. The highest BCUT2D eigenvalue weighted by Gasteiger charge is 2.17. The Morgan fingerprint density at radius 3 is 2.48 bits per heavy atom. The molecule has 8 nitrogen and oxygen atoms in total. The number of rotatable bonds is 7. The molecule has 0 bridgehead atoms. The summed E-state index contributed by atoms with van der Waals surface area (Å²) >= 11 is 0. The SMILES string of the molecule is Cn1nccc1-c1cc(Oc2ccc(CC(=O)c3cccn(-c4ccc(F)cc4)c3=O)cc2F)c2ccnn2c1. The van der Waals surface area contributed by atoms with Crippen LogP contribution in [0.15, 0.2) is 102 Å². The lowest BCUT2D eigenvalue weighted by molar-refractivity contribution is 0.0991. The highest BCUT2D eigenvalue weighted by Crippen LogP contribution is 2.32. The predicted octanol–water partition coefficient (Wildman–Crippen LogP) is 5.38. The number of aryl methyl sites for hydroxylation is 1. The van der Waals surface area contributed by atoms with Crippen LogP contribution in [-0.2, 0) is 13.5 Å². The van der Waals surface area contributed by atoms with E-state index in [0.29, 0.717) is 22.5 Å². The van der Waals surface area contributed by atoms with Crippen molar-refractivity contribution in [2.75, 3.05) is 0 Å². The number of benzene rings is 2. The van der Waals surface area contributed by atoms with E-state index >= 15 is 4.39 Å². The van der Waals surface area contributed by atoms with Crippen LogP contribution >= 0.6 is 0 Å². The maximum absolute atomic E-state index is 15.2. The van der Waals surface area contributed by atoms with Crippen LogP contribution in [-0.4, -0.2) is 29.7 Å². The standard InChI is InChI=1S/C30H21F2N5O3/c1-35-25(10-12-33-35)20-17-29(26-11-13-34-37(26)18-20)40-28-9-4-19(15-24(28)32)16-27(38)23-3-2-14-36(30(23)39)22-7-5-21(31)6-8-22/h2-15,17-18H,16H2,1H3. The van der Waals surface area contributed by atoms with Gasteiger partial charge in [-0.25, -0.2) is 13.3 Å². The fraction of sp³-hybridized carbons (Fsp3) is 0.0667. The van der Waals surface area contributed by atoms with Crippen molar-refractivity contribution in [2.45, 2.75) is 6.42 Å². The summed E-state index contributed by atoms with van der Waals surface area (Å²) in [6.45, 7) is 0. The zero-order chi connectivity index (χ0) is 27.8. The Balaban J connectivity index is 1.25. The average Bonchev–Trinajstić information content (AvgIpc) is 3.60. The van der Waals surface area contributed by atoms with Gasteiger partial charge in [-0.05, 0) is 72.3 Å². The van der Waals surface area contributed by atoms with Gasteiger partial charge < -0.3 is 4.74 Å². The number of fused-ring (bicyclic) bond motifs is 1. The van der Waals surface area contributed by atoms with E-state index in [1.54, 1.807) is 45.9 Å². The van der Waals surface area contributed by atoms with Gasteiger partial charge in [0.05, 0.1) is 17.5 Å². The van der Waals surface area contributed by atoms with Crippen molar-refractivity contribution in [3.63, 3.8) is 0 Å². The number of carbonyl (C=O) groups excluding carboxylic acids is 1. The third-order valence-electron chi connectivity index (χ3n) is 6.52. The molecule has 6 aromatic rings. The molecule has 0 aliphatic rings. The molecule has 0 radical (unpaired) electrons. The van der Waals surface area contributed by atoms with Gasteiger partial charge in [0.1, 0.15) is 11.3 Å². The van der Waals surface area contributed by atoms with Crippen molar-refractivity contribution in [3.05, 3.63) is 131 Å². The number of nitrogens with zero attached hydrogens (tertiary/aromatic N) is 5. The first-order chi connectivity index (χ1) is 19.4. The maximum atomic E-state index is 15.2. The van der Waals surface area contributed by atoms with Crippen LogP contribution in [0.25, 0.3) is 22.5 Å². The molecule has 40 heavy (non-hydrogen) atoms. The zero-order valence-electron chi connectivity index (χ0n) is 21.2. The van der Waals surface area contributed by atoms with Crippen molar-refractivity contribution in [1.29, 1.82) is 0 Å². The van der Waals surface area contributed by atoms with Gasteiger partial charge in [0, 0.05) is 43.3 Å². The molecule has 4 aromatic heterocycles. The lowest BCUT2D eigenvalue weighted by Crippen LogP contribution is -2.25. The van der Waals surface area contributed by atoms with Crippen LogP contribution in [0.5, 0.6) is 11.5 Å². The topological polar surface area (TPSA) is 83.4 Å². The molecule has 0 unspecified atom stereocenters. The number of pyridine rings is 2. The highest BCUT2D eigenvalue weighted by molar-refractivity contribution is 5.97. The number of carbonyl (C=O) groups is 1. The number of ketones is 1. The first-order valence-electron chi connectivity index (χ1n) is 12.3. The van der Waals surface area contributed by atoms with Crippen molar-refractivity contribution >= 4 is 11.3 Å². The molecule has 0 aliphatic heterocycles. The third kappa shape index (κ3) is 4.66. The minimum absolute atomic E-state index is 0.0279. The number of hydrogen-bond donors (Lipinski definition) is 0. The second-order valence-corrected chi connectivity index (χ2v) is 9.13. The van der Waals surface area contributed by atoms with Gasteiger partial charge in [0.2, 0.25) is 0 Å². The molecule has 0 amide bonds. The number of halogens is 2. The van der Waals surface area contributed by atoms with Crippen LogP contribution < -0.4 is 10.3 Å². The Labute approximate surface area is 226 Å². The zero-order valence-corrected chi connectivity index (χ0v) is 21.2. The lowest BCUT2D eigenvalue weighted by Gasteiger charge is -2.12. The van der Waals surface area contributed by atoms with Crippen molar-refractivity contribution in [3.8, 4) is 28.4 Å². The Hall–Kier alpha value is -5.38. The summed E-state index contributed by atoms with van der Waals surface area (Å²) in [5, 5.41) is 8.48. The Morgan fingerprint density at radius 2 is 1.73 bits per heavy atom. The van der Waals surface area contributed by atoms with Crippen molar-refractivity contribution < 1.29 is 18.3 Å². The molecule has 0 aliphatic carbocycles. The number of hydrogen-bond acceptors (Lipinski definition) is 5. The summed E-state index contributed by atoms with van der Waals surface area (Å²) in [5.41, 5.74) is 2.46. The Morgan fingerprint density at radius 1 is 0.925 bits per heavy atom. The van der Waals surface area contributed by atoms with Gasteiger partial charge in [-0.15, -0.1) is 0 Å². The summed E-state index contributed by atoms with van der Waals surface area (Å²) in [7, 11) is 1.82. The molecule has 0 spiro atoms. The van der Waals surface area contributed by atoms with Crippen LogP contribution in [0.1, 0.15) is 15.9 Å². The Bertz CT molecular complexity index is 1940.